The Kier molecular flexibility index (Phi) is 7.47. The lowest BCUT2D eigenvalue weighted by atomic mass is 10.3. The van der Waals surface area contributed by atoms with E-state index in [-0.39, 0.29) is 0 Å². The average Bonchev–Trinajstić information content (AvgIpc) is 2.25. The molecule has 0 aliphatic carbocycles. The molecule has 0 amide bonds. The third kappa shape index (κ3) is 11.1. The van der Waals surface area contributed by atoms with Crippen LogP contribution in [0.4, 0.5) is 5.69 Å². The van der Waals surface area contributed by atoms with Crippen LogP contribution in [0.2, 0.25) is 0 Å². The number of hydrazine groups is 1. The Morgan fingerprint density at radius 1 is 1.12 bits per heavy atom. The van der Waals surface area contributed by atoms with Crippen molar-refractivity contribution in [3.8, 4) is 5.75 Å². The Morgan fingerprint density at radius 3 is 1.94 bits per heavy atom. The van der Waals surface area contributed by atoms with E-state index in [1.165, 1.54) is 7.11 Å². The summed E-state index contributed by atoms with van der Waals surface area (Å²) in [6.45, 7) is 0. The van der Waals surface area contributed by atoms with E-state index in [9.17, 15) is 0 Å². The predicted octanol–water partition coefficient (Wildman–Crippen LogP) is 0.244. The zero-order valence-electron chi connectivity index (χ0n) is 9.32. The monoisotopic (exact) mass is 266 g/mol. The van der Waals surface area contributed by atoms with Crippen LogP contribution in [0.25, 0.3) is 0 Å². The molecular weight excluding hydrogens is 251 g/mol. The fourth-order valence-electron chi connectivity index (χ4n) is 0.784. The van der Waals surface area contributed by atoms with Gasteiger partial charge in [0.15, 0.2) is 0 Å². The smallest absolute Gasteiger partial charge is 0.466 e. The molecule has 0 fully saturated rings. The predicted molar refractivity (Wildman–Crippen MR) is 61.0 cm³/mol. The maximum atomic E-state index is 8.88. The molecule has 5 N–H and O–H groups in total. The molecule has 17 heavy (non-hydrogen) atoms. The Balaban J connectivity index is 0.000000437. The highest BCUT2D eigenvalue weighted by Gasteiger charge is 2.00. The van der Waals surface area contributed by atoms with Crippen molar-refractivity contribution in [1.82, 2.24) is 5.59 Å². The second kappa shape index (κ2) is 8.02. The molecule has 98 valence electrons. The maximum Gasteiger partial charge on any atom is 0.466 e. The van der Waals surface area contributed by atoms with Crippen molar-refractivity contribution in [2.45, 2.75) is 0 Å². The summed E-state index contributed by atoms with van der Waals surface area (Å²) in [5.74, 6) is 0.831. The van der Waals surface area contributed by atoms with Crippen LogP contribution in [0.15, 0.2) is 24.3 Å². The van der Waals surface area contributed by atoms with Gasteiger partial charge < -0.3 is 19.4 Å². The van der Waals surface area contributed by atoms with Gasteiger partial charge in [-0.25, -0.2) is 4.57 Å². The van der Waals surface area contributed by atoms with E-state index in [1.807, 2.05) is 24.3 Å². The first-order valence-electron chi connectivity index (χ1n) is 4.33. The van der Waals surface area contributed by atoms with E-state index in [2.05, 4.69) is 15.9 Å². The molecule has 0 bridgehead atoms. The fourth-order valence-corrected chi connectivity index (χ4v) is 0.784. The Hall–Kier alpha value is -1.15. The highest BCUT2D eigenvalue weighted by Crippen LogP contribution is 2.25. The highest BCUT2D eigenvalue weighted by molar-refractivity contribution is 7.45. The molecule has 1 aromatic rings. The average molecular weight is 266 g/mol. The van der Waals surface area contributed by atoms with Crippen molar-refractivity contribution in [2.24, 2.45) is 0 Å². The molecule has 0 heterocycles. The zero-order chi connectivity index (χ0) is 13.3. The molecule has 0 aliphatic heterocycles. The molecule has 8 nitrogen and oxygen atoms in total. The van der Waals surface area contributed by atoms with Gasteiger partial charge in [-0.05, 0) is 24.3 Å². The van der Waals surface area contributed by atoms with Gasteiger partial charge in [-0.2, -0.15) is 0 Å². The summed E-state index contributed by atoms with van der Waals surface area (Å²) in [7, 11) is -1.47. The van der Waals surface area contributed by atoms with Crippen molar-refractivity contribution in [2.75, 3.05) is 19.6 Å². The highest BCUT2D eigenvalue weighted by atomic mass is 31.2. The first-order valence-corrected chi connectivity index (χ1v) is 5.89. The molecule has 1 aromatic carbocycles. The molecule has 0 aliphatic rings. The van der Waals surface area contributed by atoms with Gasteiger partial charge in [0.1, 0.15) is 5.75 Å². The van der Waals surface area contributed by atoms with Gasteiger partial charge >= 0.3 is 7.82 Å². The third-order valence-corrected chi connectivity index (χ3v) is 1.39. The third-order valence-electron chi connectivity index (χ3n) is 1.39. The van der Waals surface area contributed by atoms with Crippen molar-refractivity contribution >= 4 is 13.5 Å². The summed E-state index contributed by atoms with van der Waals surface area (Å²) in [5, 5.41) is 0. The number of hydrogen-bond acceptors (Lipinski definition) is 5. The molecule has 0 radical (unpaired) electrons. The van der Waals surface area contributed by atoms with Crippen LogP contribution in [0.1, 0.15) is 0 Å². The minimum atomic E-state index is -4.64. The van der Waals surface area contributed by atoms with Crippen LogP contribution >= 0.6 is 7.82 Å². The maximum absolute atomic E-state index is 8.88. The van der Waals surface area contributed by atoms with E-state index < -0.39 is 7.82 Å². The van der Waals surface area contributed by atoms with Crippen LogP contribution in [0.5, 0.6) is 5.75 Å². The lowest BCUT2D eigenvalue weighted by Gasteiger charge is -2.05. The van der Waals surface area contributed by atoms with Gasteiger partial charge in [0.05, 0.1) is 19.9 Å². The van der Waals surface area contributed by atoms with Crippen LogP contribution in [-0.4, -0.2) is 28.9 Å². The summed E-state index contributed by atoms with van der Waals surface area (Å²) in [6, 6.07) is 7.48. The minimum absolute atomic E-state index is 0.831. The van der Waals surface area contributed by atoms with Gasteiger partial charge in [0.25, 0.3) is 0 Å². The fraction of sp³-hybridized carbons (Fsp3) is 0.250. The minimum Gasteiger partial charge on any atom is -0.497 e. The van der Waals surface area contributed by atoms with Crippen molar-refractivity contribution < 1.29 is 28.8 Å². The first kappa shape index (κ1) is 15.9. The lowest BCUT2D eigenvalue weighted by molar-refractivity contribution is 0.111. The normalized spacial score (nSPS) is 10.2. The molecule has 0 spiro atoms. The first-order chi connectivity index (χ1) is 7.86. The van der Waals surface area contributed by atoms with E-state index >= 15 is 0 Å². The second-order valence-corrected chi connectivity index (χ2v) is 3.70. The summed E-state index contributed by atoms with van der Waals surface area (Å²) in [6.07, 6.45) is 0. The standard InChI is InChI=1S/C8H12N2O2.H3O4P/c1-11-8-5-3-7(4-6-8)9-10-12-2;1-5(2,3)4/h3-6,9-10H,1-2H3;(H3,1,2,3,4). The van der Waals surface area contributed by atoms with Gasteiger partial charge in [-0.3, -0.25) is 10.3 Å². The number of methoxy groups -OCH3 is 1. The molecule has 0 atom stereocenters. The molecule has 9 heteroatoms. The van der Waals surface area contributed by atoms with Crippen LogP contribution in [0, 0.1) is 0 Å². The quantitative estimate of drug-likeness (QED) is 0.388. The number of phosphoric acid groups is 1. The van der Waals surface area contributed by atoms with E-state index in [0.717, 1.165) is 11.4 Å². The molecule has 0 saturated heterocycles. The van der Waals surface area contributed by atoms with Gasteiger partial charge in [-0.1, -0.05) is 0 Å². The summed E-state index contributed by atoms with van der Waals surface area (Å²) >= 11 is 0. The topological polar surface area (TPSA) is 120 Å². The molecule has 0 aromatic heterocycles. The van der Waals surface area contributed by atoms with Crippen molar-refractivity contribution in [3.63, 3.8) is 0 Å². The summed E-state index contributed by atoms with van der Waals surface area (Å²) in [4.78, 5) is 26.2. The number of benzene rings is 1. The number of ether oxygens (including phenoxy) is 1. The van der Waals surface area contributed by atoms with Crippen LogP contribution in [0.3, 0.4) is 0 Å². The van der Waals surface area contributed by atoms with E-state index in [1.54, 1.807) is 7.11 Å². The van der Waals surface area contributed by atoms with Gasteiger partial charge in [-0.15, -0.1) is 5.59 Å². The molecular formula is C8H15N2O6P. The van der Waals surface area contributed by atoms with Gasteiger partial charge in [0, 0.05) is 0 Å². The SMILES string of the molecule is CONNc1ccc(OC)cc1.O=P(O)(O)O. The Bertz CT molecular complexity index is 343. The van der Waals surface area contributed by atoms with Crippen molar-refractivity contribution in [1.29, 1.82) is 0 Å². The largest absolute Gasteiger partial charge is 0.497 e. The summed E-state index contributed by atoms with van der Waals surface area (Å²) in [5.41, 5.74) is 6.24. The van der Waals surface area contributed by atoms with Gasteiger partial charge in [0.2, 0.25) is 0 Å². The molecule has 0 saturated carbocycles. The number of nitrogens with one attached hydrogen (secondary N) is 2. The number of hydrogen-bond donors (Lipinski definition) is 5. The lowest BCUT2D eigenvalue weighted by Crippen LogP contribution is -2.19. The van der Waals surface area contributed by atoms with E-state index in [0.29, 0.717) is 0 Å². The van der Waals surface area contributed by atoms with Crippen molar-refractivity contribution in [3.05, 3.63) is 24.3 Å². The van der Waals surface area contributed by atoms with E-state index in [4.69, 9.17) is 24.0 Å². The zero-order valence-corrected chi connectivity index (χ0v) is 10.2. The second-order valence-electron chi connectivity index (χ2n) is 2.67. The molecule has 0 unspecified atom stereocenters. The van der Waals surface area contributed by atoms with Crippen LogP contribution < -0.4 is 15.8 Å². The Morgan fingerprint density at radius 2 is 1.59 bits per heavy atom. The Labute approximate surface area is 98.4 Å². The van der Waals surface area contributed by atoms with Crippen LogP contribution in [-0.2, 0) is 9.40 Å². The summed E-state index contributed by atoms with van der Waals surface area (Å²) < 4.78 is 13.9. The number of rotatable bonds is 4. The molecule has 1 rings (SSSR count). The number of anilines is 1.